The summed E-state index contributed by atoms with van der Waals surface area (Å²) in [6, 6.07) is 65.0. The lowest BCUT2D eigenvalue weighted by molar-refractivity contribution is 0.671. The molecule has 8 aromatic carbocycles. The summed E-state index contributed by atoms with van der Waals surface area (Å²) in [5.74, 6) is 1.88. The van der Waals surface area contributed by atoms with Gasteiger partial charge in [-0.15, -0.1) is 0 Å². The minimum absolute atomic E-state index is 0.621. The number of aromatic nitrogens is 3. The van der Waals surface area contributed by atoms with Crippen LogP contribution in [0.15, 0.2) is 192 Å². The van der Waals surface area contributed by atoms with E-state index in [-0.39, 0.29) is 0 Å². The van der Waals surface area contributed by atoms with E-state index in [0.29, 0.717) is 17.5 Å². The highest BCUT2D eigenvalue weighted by Crippen LogP contribution is 2.43. The Morgan fingerprint density at radius 1 is 0.264 bits per heavy atom. The summed E-state index contributed by atoms with van der Waals surface area (Å²) in [6.07, 6.45) is 0. The van der Waals surface area contributed by atoms with Gasteiger partial charge in [-0.1, -0.05) is 176 Å². The molecule has 0 saturated carbocycles. The Hall–Kier alpha value is -7.17. The number of furan rings is 1. The average molecular weight is 678 g/mol. The van der Waals surface area contributed by atoms with Gasteiger partial charge in [0.15, 0.2) is 17.5 Å². The van der Waals surface area contributed by atoms with Gasteiger partial charge in [0.05, 0.1) is 0 Å². The van der Waals surface area contributed by atoms with Gasteiger partial charge < -0.3 is 4.42 Å². The van der Waals surface area contributed by atoms with Crippen LogP contribution in [0.4, 0.5) is 0 Å². The lowest BCUT2D eigenvalue weighted by atomic mass is 9.93. The first kappa shape index (κ1) is 30.6. The highest BCUT2D eigenvalue weighted by atomic mass is 16.3. The van der Waals surface area contributed by atoms with Crippen LogP contribution in [0.5, 0.6) is 0 Å². The molecular weight excluding hydrogens is 647 g/mol. The van der Waals surface area contributed by atoms with Crippen LogP contribution in [0.2, 0.25) is 0 Å². The number of para-hydroxylation sites is 2. The first-order valence-corrected chi connectivity index (χ1v) is 17.8. The van der Waals surface area contributed by atoms with Gasteiger partial charge in [-0.05, 0) is 45.2 Å². The van der Waals surface area contributed by atoms with E-state index in [2.05, 4.69) is 146 Å². The molecule has 0 unspecified atom stereocenters. The minimum atomic E-state index is 0.621. The van der Waals surface area contributed by atoms with Gasteiger partial charge >= 0.3 is 0 Å². The first-order valence-electron chi connectivity index (χ1n) is 17.8. The van der Waals surface area contributed by atoms with Crippen molar-refractivity contribution in [1.29, 1.82) is 0 Å². The Morgan fingerprint density at radius 3 is 1.42 bits per heavy atom. The Morgan fingerprint density at radius 2 is 0.717 bits per heavy atom. The van der Waals surface area contributed by atoms with E-state index < -0.39 is 0 Å². The van der Waals surface area contributed by atoms with Gasteiger partial charge in [-0.3, -0.25) is 0 Å². The predicted molar refractivity (Wildman–Crippen MR) is 217 cm³/mol. The predicted octanol–water partition coefficient (Wildman–Crippen LogP) is 12.9. The van der Waals surface area contributed by atoms with Crippen molar-refractivity contribution in [2.45, 2.75) is 0 Å². The highest BCUT2D eigenvalue weighted by molar-refractivity contribution is 6.15. The van der Waals surface area contributed by atoms with Crippen molar-refractivity contribution in [1.82, 2.24) is 15.0 Å². The summed E-state index contributed by atoms with van der Waals surface area (Å²) in [5.41, 5.74) is 11.2. The Balaban J connectivity index is 1.15. The third-order valence-electron chi connectivity index (χ3n) is 9.96. The maximum Gasteiger partial charge on any atom is 0.164 e. The molecule has 0 bridgehead atoms. The fraction of sp³-hybridized carbons (Fsp3) is 0. The quantitative estimate of drug-likeness (QED) is 0.176. The standard InChI is InChI=1S/C49H31N3O/c1-4-15-32(16-5-1)35-21-12-22-36(31-35)48-50-47(34-19-8-3-9-20-34)51-49(52-48)44-30-29-40(38-23-10-11-24-39(38)44)41-26-14-28-43-42-27-13-25-37(45(42)53-46(41)43)33-17-6-2-7-18-33/h1-31H. The summed E-state index contributed by atoms with van der Waals surface area (Å²) >= 11 is 0. The molecule has 2 heterocycles. The van der Waals surface area contributed by atoms with E-state index in [9.17, 15) is 0 Å². The van der Waals surface area contributed by atoms with Crippen molar-refractivity contribution < 1.29 is 4.42 Å². The first-order chi connectivity index (χ1) is 26.3. The van der Waals surface area contributed by atoms with Crippen molar-refractivity contribution in [2.75, 3.05) is 0 Å². The second-order valence-electron chi connectivity index (χ2n) is 13.2. The summed E-state index contributed by atoms with van der Waals surface area (Å²) in [4.78, 5) is 15.3. The highest BCUT2D eigenvalue weighted by Gasteiger charge is 2.20. The molecule has 0 N–H and O–H groups in total. The largest absolute Gasteiger partial charge is 0.455 e. The molecule has 0 atom stereocenters. The molecule has 0 aliphatic rings. The fourth-order valence-corrected chi connectivity index (χ4v) is 7.42. The van der Waals surface area contributed by atoms with Crippen LogP contribution in [0.3, 0.4) is 0 Å². The lowest BCUT2D eigenvalue weighted by Crippen LogP contribution is -2.01. The van der Waals surface area contributed by atoms with Crippen molar-refractivity contribution in [3.63, 3.8) is 0 Å². The van der Waals surface area contributed by atoms with Crippen molar-refractivity contribution in [2.24, 2.45) is 0 Å². The van der Waals surface area contributed by atoms with E-state index in [4.69, 9.17) is 19.4 Å². The number of rotatable bonds is 6. The van der Waals surface area contributed by atoms with E-state index in [1.807, 2.05) is 42.5 Å². The number of fused-ring (bicyclic) bond motifs is 4. The van der Waals surface area contributed by atoms with Crippen LogP contribution >= 0.6 is 0 Å². The summed E-state index contributed by atoms with van der Waals surface area (Å²) in [7, 11) is 0. The van der Waals surface area contributed by atoms with Gasteiger partial charge in [-0.2, -0.15) is 0 Å². The molecule has 0 fully saturated rings. The van der Waals surface area contributed by atoms with E-state index in [0.717, 1.165) is 82.8 Å². The Kier molecular flexibility index (Phi) is 7.43. The van der Waals surface area contributed by atoms with Gasteiger partial charge in [0, 0.05) is 38.6 Å². The topological polar surface area (TPSA) is 51.8 Å². The van der Waals surface area contributed by atoms with Crippen LogP contribution in [0.1, 0.15) is 0 Å². The summed E-state index contributed by atoms with van der Waals surface area (Å²) in [5, 5.41) is 4.34. The molecule has 10 rings (SSSR count). The van der Waals surface area contributed by atoms with Gasteiger partial charge in [-0.25, -0.2) is 15.0 Å². The molecule has 0 amide bonds. The molecule has 248 valence electrons. The number of benzene rings is 8. The Bertz CT molecular complexity index is 2940. The minimum Gasteiger partial charge on any atom is -0.455 e. The van der Waals surface area contributed by atoms with Crippen LogP contribution in [0.25, 0.3) is 100 Å². The zero-order chi connectivity index (χ0) is 35.1. The van der Waals surface area contributed by atoms with Crippen LogP contribution in [-0.4, -0.2) is 15.0 Å². The van der Waals surface area contributed by atoms with Crippen molar-refractivity contribution in [3.8, 4) is 67.5 Å². The summed E-state index contributed by atoms with van der Waals surface area (Å²) in [6.45, 7) is 0. The monoisotopic (exact) mass is 677 g/mol. The summed E-state index contributed by atoms with van der Waals surface area (Å²) < 4.78 is 6.83. The van der Waals surface area contributed by atoms with Gasteiger partial charge in [0.25, 0.3) is 0 Å². The number of nitrogens with zero attached hydrogens (tertiary/aromatic N) is 3. The normalized spacial score (nSPS) is 11.4. The van der Waals surface area contributed by atoms with Crippen molar-refractivity contribution in [3.05, 3.63) is 188 Å². The zero-order valence-electron chi connectivity index (χ0n) is 28.6. The molecular formula is C49H31N3O. The molecule has 0 radical (unpaired) electrons. The van der Waals surface area contributed by atoms with Gasteiger partial charge in [0.2, 0.25) is 0 Å². The number of hydrogen-bond acceptors (Lipinski definition) is 4. The van der Waals surface area contributed by atoms with Crippen LogP contribution in [-0.2, 0) is 0 Å². The third-order valence-corrected chi connectivity index (χ3v) is 9.96. The van der Waals surface area contributed by atoms with Crippen LogP contribution < -0.4 is 0 Å². The molecule has 4 nitrogen and oxygen atoms in total. The Labute approximate surface area is 306 Å². The second kappa shape index (κ2) is 12.9. The van der Waals surface area contributed by atoms with Gasteiger partial charge in [0.1, 0.15) is 11.2 Å². The van der Waals surface area contributed by atoms with Crippen LogP contribution in [0, 0.1) is 0 Å². The molecule has 0 aliphatic carbocycles. The molecule has 0 aliphatic heterocycles. The molecule has 53 heavy (non-hydrogen) atoms. The maximum absolute atomic E-state index is 6.83. The maximum atomic E-state index is 6.83. The van der Waals surface area contributed by atoms with Crippen molar-refractivity contribution >= 4 is 32.7 Å². The zero-order valence-corrected chi connectivity index (χ0v) is 28.6. The smallest absolute Gasteiger partial charge is 0.164 e. The average Bonchev–Trinajstić information content (AvgIpc) is 3.64. The SMILES string of the molecule is c1ccc(-c2cccc(-c3nc(-c4ccccc4)nc(-c4ccc(-c5cccc6c5oc5c(-c7ccccc7)cccc56)c5ccccc45)n3)c2)cc1. The van der Waals surface area contributed by atoms with E-state index in [1.54, 1.807) is 0 Å². The second-order valence-corrected chi connectivity index (χ2v) is 13.2. The number of hydrogen-bond donors (Lipinski definition) is 0. The van der Waals surface area contributed by atoms with E-state index in [1.165, 1.54) is 0 Å². The fourth-order valence-electron chi connectivity index (χ4n) is 7.42. The van der Waals surface area contributed by atoms with E-state index >= 15 is 0 Å². The molecule has 10 aromatic rings. The molecule has 0 saturated heterocycles. The lowest BCUT2D eigenvalue weighted by Gasteiger charge is -2.13. The molecule has 4 heteroatoms. The molecule has 2 aromatic heterocycles. The molecule has 0 spiro atoms. The third kappa shape index (κ3) is 5.45.